The van der Waals surface area contributed by atoms with Crippen LogP contribution in [0, 0.1) is 0 Å². The predicted molar refractivity (Wildman–Crippen MR) is 71.5 cm³/mol. The summed E-state index contributed by atoms with van der Waals surface area (Å²) in [7, 11) is -3.67. The van der Waals surface area contributed by atoms with Gasteiger partial charge < -0.3 is 4.98 Å². The number of aromatic amines is 2. The van der Waals surface area contributed by atoms with Crippen molar-refractivity contribution in [2.45, 2.75) is 38.1 Å². The maximum Gasteiger partial charge on any atom is 0.280 e. The van der Waals surface area contributed by atoms with Crippen LogP contribution in [0.15, 0.2) is 17.3 Å². The molecule has 8 heteroatoms. The summed E-state index contributed by atoms with van der Waals surface area (Å²) < 4.78 is 26.6. The second-order valence-electron chi connectivity index (χ2n) is 4.52. The highest BCUT2D eigenvalue weighted by molar-refractivity contribution is 7.92. The average molecular weight is 283 g/mol. The van der Waals surface area contributed by atoms with E-state index >= 15 is 0 Å². The highest BCUT2D eigenvalue weighted by Crippen LogP contribution is 2.17. The van der Waals surface area contributed by atoms with Crippen molar-refractivity contribution in [3.63, 3.8) is 0 Å². The minimum absolute atomic E-state index is 0.0402. The Balaban J connectivity index is 2.20. The first-order valence-electron chi connectivity index (χ1n) is 6.04. The Morgan fingerprint density at radius 1 is 1.42 bits per heavy atom. The van der Waals surface area contributed by atoms with Crippen molar-refractivity contribution in [3.8, 4) is 0 Å². The summed E-state index contributed by atoms with van der Waals surface area (Å²) in [4.78, 5) is 6.73. The largest absolute Gasteiger partial charge is 0.332 e. The molecular weight excluding hydrogens is 266 g/mol. The first kappa shape index (κ1) is 13.6. The molecule has 0 unspecified atom stereocenters. The van der Waals surface area contributed by atoms with Gasteiger partial charge in [-0.25, -0.2) is 4.98 Å². The van der Waals surface area contributed by atoms with Gasteiger partial charge in [0, 0.05) is 18.2 Å². The Morgan fingerprint density at radius 2 is 2.16 bits per heavy atom. The third-order valence-corrected chi connectivity index (χ3v) is 3.95. The van der Waals surface area contributed by atoms with Crippen LogP contribution in [-0.2, 0) is 16.4 Å². The van der Waals surface area contributed by atoms with Gasteiger partial charge in [0.25, 0.3) is 10.0 Å². The molecule has 0 radical (unpaired) electrons. The van der Waals surface area contributed by atoms with Gasteiger partial charge in [-0.3, -0.25) is 9.82 Å². The Hall–Kier alpha value is -1.83. The highest BCUT2D eigenvalue weighted by Gasteiger charge is 2.18. The number of H-pyrrole nitrogens is 2. The Morgan fingerprint density at radius 3 is 2.68 bits per heavy atom. The molecule has 0 aromatic carbocycles. The SMILES string of the molecule is CCc1ncc(S(=O)(=O)Nc2cc(C(C)C)[nH]n2)[nH]1. The van der Waals surface area contributed by atoms with Crippen LogP contribution >= 0.6 is 0 Å². The molecule has 2 rings (SSSR count). The fourth-order valence-electron chi connectivity index (χ4n) is 1.54. The third-order valence-electron chi connectivity index (χ3n) is 2.69. The molecule has 19 heavy (non-hydrogen) atoms. The molecule has 0 aliphatic carbocycles. The van der Waals surface area contributed by atoms with Crippen LogP contribution in [0.25, 0.3) is 0 Å². The lowest BCUT2D eigenvalue weighted by Crippen LogP contribution is -2.13. The zero-order valence-electron chi connectivity index (χ0n) is 11.1. The second-order valence-corrected chi connectivity index (χ2v) is 6.17. The van der Waals surface area contributed by atoms with Gasteiger partial charge in [-0.05, 0) is 5.92 Å². The molecule has 0 atom stereocenters. The van der Waals surface area contributed by atoms with Crippen molar-refractivity contribution in [1.82, 2.24) is 20.2 Å². The summed E-state index contributed by atoms with van der Waals surface area (Å²) in [6.45, 7) is 5.88. The normalized spacial score (nSPS) is 12.0. The third kappa shape index (κ3) is 2.95. The lowest BCUT2D eigenvalue weighted by Gasteiger charge is -2.02. The van der Waals surface area contributed by atoms with Crippen LogP contribution in [0.1, 0.15) is 38.2 Å². The molecule has 2 aromatic rings. The van der Waals surface area contributed by atoms with Crippen molar-refractivity contribution in [2.75, 3.05) is 4.72 Å². The maximum absolute atomic E-state index is 12.1. The van der Waals surface area contributed by atoms with Crippen molar-refractivity contribution in [1.29, 1.82) is 0 Å². The van der Waals surface area contributed by atoms with Gasteiger partial charge in [-0.1, -0.05) is 20.8 Å². The Kier molecular flexibility index (Phi) is 3.61. The van der Waals surface area contributed by atoms with E-state index in [4.69, 9.17) is 0 Å². The molecule has 0 aliphatic heterocycles. The molecule has 0 spiro atoms. The topological polar surface area (TPSA) is 104 Å². The average Bonchev–Trinajstić information content (AvgIpc) is 2.96. The van der Waals surface area contributed by atoms with Crippen molar-refractivity contribution in [3.05, 3.63) is 23.8 Å². The lowest BCUT2D eigenvalue weighted by molar-refractivity contribution is 0.597. The van der Waals surface area contributed by atoms with Crippen molar-refractivity contribution >= 4 is 15.8 Å². The van der Waals surface area contributed by atoms with Crippen LogP contribution in [0.3, 0.4) is 0 Å². The first-order valence-corrected chi connectivity index (χ1v) is 7.52. The van der Waals surface area contributed by atoms with E-state index in [1.807, 2.05) is 20.8 Å². The highest BCUT2D eigenvalue weighted by atomic mass is 32.2. The summed E-state index contributed by atoms with van der Waals surface area (Å²) in [5.74, 6) is 1.16. The number of imidazole rings is 1. The molecule has 0 aliphatic rings. The van der Waals surface area contributed by atoms with Crippen LogP contribution in [-0.4, -0.2) is 28.6 Å². The minimum Gasteiger partial charge on any atom is -0.332 e. The smallest absolute Gasteiger partial charge is 0.280 e. The van der Waals surface area contributed by atoms with Gasteiger partial charge in [-0.2, -0.15) is 13.5 Å². The van der Waals surface area contributed by atoms with E-state index in [0.717, 1.165) is 5.69 Å². The van der Waals surface area contributed by atoms with E-state index in [1.54, 1.807) is 6.07 Å². The van der Waals surface area contributed by atoms with E-state index in [1.165, 1.54) is 6.20 Å². The number of hydrogen-bond donors (Lipinski definition) is 3. The minimum atomic E-state index is -3.67. The fourth-order valence-corrected chi connectivity index (χ4v) is 2.47. The van der Waals surface area contributed by atoms with Gasteiger partial charge in [0.2, 0.25) is 0 Å². The number of sulfonamides is 1. The number of aromatic nitrogens is 4. The van der Waals surface area contributed by atoms with Gasteiger partial charge in [0.05, 0.1) is 6.20 Å². The van der Waals surface area contributed by atoms with E-state index in [0.29, 0.717) is 12.2 Å². The van der Waals surface area contributed by atoms with Crippen LogP contribution < -0.4 is 4.72 Å². The fraction of sp³-hybridized carbons (Fsp3) is 0.455. The zero-order chi connectivity index (χ0) is 14.0. The van der Waals surface area contributed by atoms with Gasteiger partial charge in [0.1, 0.15) is 5.82 Å². The molecule has 2 heterocycles. The van der Waals surface area contributed by atoms with Crippen LogP contribution in [0.5, 0.6) is 0 Å². The standard InChI is InChI=1S/C11H17N5O2S/c1-4-9-12-6-11(13-9)19(17,18)16-10-5-8(7(2)3)14-15-10/h5-7H,4H2,1-3H3,(H,12,13)(H2,14,15,16). The number of anilines is 1. The molecule has 0 bridgehead atoms. The Bertz CT molecular complexity index is 656. The van der Waals surface area contributed by atoms with Crippen molar-refractivity contribution in [2.24, 2.45) is 0 Å². The van der Waals surface area contributed by atoms with E-state index < -0.39 is 10.0 Å². The predicted octanol–water partition coefficient (Wildman–Crippen LogP) is 1.62. The van der Waals surface area contributed by atoms with Crippen LogP contribution in [0.4, 0.5) is 5.82 Å². The number of aryl methyl sites for hydroxylation is 1. The number of rotatable bonds is 5. The maximum atomic E-state index is 12.1. The van der Waals surface area contributed by atoms with Gasteiger partial charge in [-0.15, -0.1) is 0 Å². The number of hydrogen-bond acceptors (Lipinski definition) is 4. The summed E-state index contributed by atoms with van der Waals surface area (Å²) >= 11 is 0. The van der Waals surface area contributed by atoms with E-state index in [2.05, 4.69) is 24.9 Å². The molecule has 0 saturated carbocycles. The molecule has 3 N–H and O–H groups in total. The number of nitrogens with zero attached hydrogens (tertiary/aromatic N) is 2. The summed E-state index contributed by atoms with van der Waals surface area (Å²) in [6.07, 6.45) is 1.95. The molecule has 104 valence electrons. The monoisotopic (exact) mass is 283 g/mol. The molecule has 0 fully saturated rings. The second kappa shape index (κ2) is 5.04. The molecule has 0 saturated heterocycles. The molecular formula is C11H17N5O2S. The zero-order valence-corrected chi connectivity index (χ0v) is 11.9. The molecule has 7 nitrogen and oxygen atoms in total. The number of nitrogens with one attached hydrogen (secondary N) is 3. The van der Waals surface area contributed by atoms with Gasteiger partial charge in [0.15, 0.2) is 10.8 Å². The lowest BCUT2D eigenvalue weighted by atomic mass is 10.1. The first-order chi connectivity index (χ1) is 8.92. The summed E-state index contributed by atoms with van der Waals surface area (Å²) in [5.41, 5.74) is 0.872. The summed E-state index contributed by atoms with van der Waals surface area (Å²) in [5, 5.41) is 6.76. The van der Waals surface area contributed by atoms with Crippen molar-refractivity contribution < 1.29 is 8.42 Å². The summed E-state index contributed by atoms with van der Waals surface area (Å²) in [6, 6.07) is 1.68. The van der Waals surface area contributed by atoms with E-state index in [-0.39, 0.29) is 16.8 Å². The molecule has 0 amide bonds. The van der Waals surface area contributed by atoms with Crippen LogP contribution in [0.2, 0.25) is 0 Å². The van der Waals surface area contributed by atoms with E-state index in [9.17, 15) is 8.42 Å². The Labute approximate surface area is 111 Å². The van der Waals surface area contributed by atoms with Gasteiger partial charge >= 0.3 is 0 Å². The quantitative estimate of drug-likeness (QED) is 0.775. The molecule has 2 aromatic heterocycles.